The minimum absolute atomic E-state index is 0.0969. The highest BCUT2D eigenvalue weighted by atomic mass is 16.5. The second kappa shape index (κ2) is 29.3. The van der Waals surface area contributed by atoms with Crippen molar-refractivity contribution in [2.45, 2.75) is 168 Å². The molecule has 0 aromatic rings. The van der Waals surface area contributed by atoms with Gasteiger partial charge >= 0.3 is 5.97 Å². The van der Waals surface area contributed by atoms with Crippen molar-refractivity contribution in [3.8, 4) is 0 Å². The van der Waals surface area contributed by atoms with E-state index in [1.165, 1.54) is 57.8 Å². The fourth-order valence-electron chi connectivity index (χ4n) is 5.54. The van der Waals surface area contributed by atoms with Gasteiger partial charge in [0.15, 0.2) is 0 Å². The molecule has 0 heterocycles. The van der Waals surface area contributed by atoms with E-state index in [4.69, 9.17) is 4.74 Å². The van der Waals surface area contributed by atoms with Gasteiger partial charge in [0.05, 0.1) is 33.8 Å². The van der Waals surface area contributed by atoms with Crippen molar-refractivity contribution in [2.75, 3.05) is 40.3 Å². The first-order valence-electron chi connectivity index (χ1n) is 18.4. The molecule has 1 atom stereocenters. The number of carbonyl (C=O) groups is 4. The Kier molecular flexibility index (Phi) is 27.9. The molecule has 0 saturated heterocycles. The van der Waals surface area contributed by atoms with Gasteiger partial charge in [0.2, 0.25) is 11.8 Å². The van der Waals surface area contributed by atoms with E-state index in [-0.39, 0.29) is 30.8 Å². The van der Waals surface area contributed by atoms with Gasteiger partial charge < -0.3 is 29.8 Å². The van der Waals surface area contributed by atoms with E-state index >= 15 is 0 Å². The van der Waals surface area contributed by atoms with E-state index in [0.717, 1.165) is 70.8 Å². The molecule has 2 N–H and O–H groups in total. The summed E-state index contributed by atoms with van der Waals surface area (Å²) in [7, 11) is 4.13. The molecular weight excluding hydrogens is 570 g/mol. The molecule has 0 aliphatic heterocycles. The predicted octanol–water partition coefficient (Wildman–Crippen LogP) is 5.97. The summed E-state index contributed by atoms with van der Waals surface area (Å²) in [6.07, 6.45) is 22.8. The van der Waals surface area contributed by atoms with Crippen molar-refractivity contribution < 1.29 is 33.5 Å². The van der Waals surface area contributed by atoms with E-state index in [9.17, 15) is 24.3 Å². The Morgan fingerprint density at radius 2 is 1.13 bits per heavy atom. The largest absolute Gasteiger partial charge is 0.550 e. The molecule has 0 spiro atoms. The molecular formula is C36H69N3O6. The molecule has 0 rings (SSSR count). The Balaban J connectivity index is 3.94. The van der Waals surface area contributed by atoms with Gasteiger partial charge in [-0.2, -0.15) is 0 Å². The summed E-state index contributed by atoms with van der Waals surface area (Å²) in [6.45, 7) is 6.45. The van der Waals surface area contributed by atoms with E-state index in [2.05, 4.69) is 31.7 Å². The van der Waals surface area contributed by atoms with Crippen LogP contribution in [0.1, 0.15) is 162 Å². The molecule has 9 heteroatoms. The van der Waals surface area contributed by atoms with Gasteiger partial charge in [-0.15, -0.1) is 0 Å². The normalized spacial score (nSPS) is 12.1. The van der Waals surface area contributed by atoms with Gasteiger partial charge in [-0.05, 0) is 51.9 Å². The zero-order valence-electron chi connectivity index (χ0n) is 29.6. The standard InChI is InChI=1S/C36H69N3O6/c1-5-7-8-9-10-11-14-17-20-26-33(40)37-29-23-22-25-32(36(44)45-6-2)38-34(41)27-21-18-15-12-13-16-19-24-30-39(3,4)31-28-35(42)43/h32H,5-31H2,1-4H3,(H2-,37,38,40,41,42,43). The molecule has 0 aromatic carbocycles. The number of carboxylic acid groups (broad SMARTS) is 1. The molecule has 0 aliphatic carbocycles. The maximum absolute atomic E-state index is 12.5. The third-order valence-electron chi connectivity index (χ3n) is 8.49. The highest BCUT2D eigenvalue weighted by Crippen LogP contribution is 2.13. The lowest BCUT2D eigenvalue weighted by Crippen LogP contribution is -2.43. The number of hydrogen-bond donors (Lipinski definition) is 2. The number of hydrogen-bond acceptors (Lipinski definition) is 6. The van der Waals surface area contributed by atoms with Crippen molar-refractivity contribution in [2.24, 2.45) is 0 Å². The lowest BCUT2D eigenvalue weighted by atomic mass is 10.1. The summed E-state index contributed by atoms with van der Waals surface area (Å²) in [5.41, 5.74) is 0. The van der Waals surface area contributed by atoms with Gasteiger partial charge in [-0.25, -0.2) is 4.79 Å². The molecule has 45 heavy (non-hydrogen) atoms. The minimum Gasteiger partial charge on any atom is -0.550 e. The molecule has 0 radical (unpaired) electrons. The Labute approximate surface area is 275 Å². The van der Waals surface area contributed by atoms with Crippen LogP contribution >= 0.6 is 0 Å². The Morgan fingerprint density at radius 1 is 0.622 bits per heavy atom. The van der Waals surface area contributed by atoms with E-state index in [0.29, 0.717) is 36.8 Å². The van der Waals surface area contributed by atoms with Crippen molar-refractivity contribution >= 4 is 23.8 Å². The third-order valence-corrected chi connectivity index (χ3v) is 8.49. The Hall–Kier alpha value is -2.16. The van der Waals surface area contributed by atoms with Crippen LogP contribution in [-0.4, -0.2) is 74.6 Å². The topological polar surface area (TPSA) is 125 Å². The van der Waals surface area contributed by atoms with Gasteiger partial charge in [0.1, 0.15) is 6.04 Å². The van der Waals surface area contributed by atoms with Crippen molar-refractivity contribution in [1.82, 2.24) is 10.6 Å². The average molecular weight is 640 g/mol. The fraction of sp³-hybridized carbons (Fsp3) is 0.889. The molecule has 264 valence electrons. The SMILES string of the molecule is CCCCCCCCCCCC(=O)NCCCCC(NC(=O)CCCCCCCCCC[N+](C)(C)CCC(=O)[O-])C(=O)OCC. The average Bonchev–Trinajstić information content (AvgIpc) is 2.99. The summed E-state index contributed by atoms with van der Waals surface area (Å²) in [6, 6.07) is -0.639. The number of esters is 1. The molecule has 0 bridgehead atoms. The lowest BCUT2D eigenvalue weighted by Gasteiger charge is -2.30. The first-order chi connectivity index (χ1) is 21.6. The quantitative estimate of drug-likeness (QED) is 0.0531. The monoisotopic (exact) mass is 640 g/mol. The molecule has 0 fully saturated rings. The fourth-order valence-corrected chi connectivity index (χ4v) is 5.54. The second-order valence-electron chi connectivity index (χ2n) is 13.4. The first-order valence-corrected chi connectivity index (χ1v) is 18.4. The van der Waals surface area contributed by atoms with Crippen LogP contribution in [0.2, 0.25) is 0 Å². The Morgan fingerprint density at radius 3 is 1.67 bits per heavy atom. The van der Waals surface area contributed by atoms with Gasteiger partial charge in [0.25, 0.3) is 0 Å². The van der Waals surface area contributed by atoms with E-state index < -0.39 is 12.0 Å². The highest BCUT2D eigenvalue weighted by Gasteiger charge is 2.21. The van der Waals surface area contributed by atoms with Gasteiger partial charge in [-0.1, -0.05) is 90.4 Å². The number of aliphatic carboxylic acids is 1. The number of amides is 2. The van der Waals surface area contributed by atoms with Crippen LogP contribution in [0.25, 0.3) is 0 Å². The van der Waals surface area contributed by atoms with Crippen LogP contribution < -0.4 is 15.7 Å². The van der Waals surface area contributed by atoms with Gasteiger partial charge in [0, 0.05) is 31.8 Å². The zero-order valence-corrected chi connectivity index (χ0v) is 29.6. The highest BCUT2D eigenvalue weighted by molar-refractivity contribution is 5.84. The van der Waals surface area contributed by atoms with Gasteiger partial charge in [-0.3, -0.25) is 9.59 Å². The van der Waals surface area contributed by atoms with Crippen molar-refractivity contribution in [3.63, 3.8) is 0 Å². The van der Waals surface area contributed by atoms with E-state index in [1.807, 2.05) is 0 Å². The molecule has 2 amide bonds. The summed E-state index contributed by atoms with van der Waals surface area (Å²) < 4.78 is 5.90. The number of nitrogens with one attached hydrogen (secondary N) is 2. The minimum atomic E-state index is -0.981. The van der Waals surface area contributed by atoms with Crippen LogP contribution in [0.15, 0.2) is 0 Å². The number of carbonyl (C=O) groups excluding carboxylic acids is 4. The number of nitrogens with zero attached hydrogens (tertiary/aromatic N) is 1. The molecule has 0 saturated carbocycles. The third kappa shape index (κ3) is 29.0. The predicted molar refractivity (Wildman–Crippen MR) is 180 cm³/mol. The number of quaternary nitrogens is 1. The van der Waals surface area contributed by atoms with Crippen molar-refractivity contribution in [1.29, 1.82) is 0 Å². The number of carboxylic acids is 1. The number of rotatable bonds is 32. The lowest BCUT2D eigenvalue weighted by molar-refractivity contribution is -0.890. The molecule has 0 aliphatic rings. The summed E-state index contributed by atoms with van der Waals surface area (Å²) in [4.78, 5) is 47.7. The summed E-state index contributed by atoms with van der Waals surface area (Å²) in [5.74, 6) is -1.38. The zero-order chi connectivity index (χ0) is 33.6. The number of unbranched alkanes of at least 4 members (excludes halogenated alkanes) is 16. The van der Waals surface area contributed by atoms with Crippen LogP contribution in [0.3, 0.4) is 0 Å². The molecule has 1 unspecified atom stereocenters. The van der Waals surface area contributed by atoms with Crippen LogP contribution in [0.5, 0.6) is 0 Å². The van der Waals surface area contributed by atoms with Crippen LogP contribution in [0.4, 0.5) is 0 Å². The number of ether oxygens (including phenoxy) is 1. The molecule has 9 nitrogen and oxygen atoms in total. The van der Waals surface area contributed by atoms with E-state index in [1.54, 1.807) is 6.92 Å². The molecule has 0 aromatic heterocycles. The smallest absolute Gasteiger partial charge is 0.328 e. The summed E-state index contributed by atoms with van der Waals surface area (Å²) in [5, 5.41) is 16.5. The van der Waals surface area contributed by atoms with Crippen LogP contribution in [-0.2, 0) is 23.9 Å². The second-order valence-corrected chi connectivity index (χ2v) is 13.4. The van der Waals surface area contributed by atoms with Crippen molar-refractivity contribution in [3.05, 3.63) is 0 Å². The maximum Gasteiger partial charge on any atom is 0.328 e. The Bertz CT molecular complexity index is 774. The summed E-state index contributed by atoms with van der Waals surface area (Å²) >= 11 is 0. The maximum atomic E-state index is 12.5. The first kappa shape index (κ1) is 42.8. The van der Waals surface area contributed by atoms with Crippen LogP contribution in [0, 0.1) is 0 Å².